The van der Waals surface area contributed by atoms with Crippen molar-refractivity contribution in [1.29, 1.82) is 0 Å². The monoisotopic (exact) mass is 414 g/mol. The number of aliphatic imine (C=N–C) groups is 4. The van der Waals surface area contributed by atoms with Crippen LogP contribution >= 0.6 is 11.6 Å². The van der Waals surface area contributed by atoms with Crippen LogP contribution in [0.25, 0.3) is 0 Å². The summed E-state index contributed by atoms with van der Waals surface area (Å²) in [5.41, 5.74) is 0.602. The highest BCUT2D eigenvalue weighted by atomic mass is 35.5. The summed E-state index contributed by atoms with van der Waals surface area (Å²) in [6, 6.07) is 0. The number of hydrogen-bond donors (Lipinski definition) is 2. The molecule has 3 heterocycles. The maximum atomic E-state index is 6.43. The van der Waals surface area contributed by atoms with E-state index in [0.717, 1.165) is 51.5 Å². The molecular weight excluding hydrogens is 388 g/mol. The summed E-state index contributed by atoms with van der Waals surface area (Å²) in [6.07, 6.45) is 6.35. The van der Waals surface area contributed by atoms with Gasteiger partial charge in [-0.2, -0.15) is 9.98 Å². The molecule has 0 radical (unpaired) electrons. The van der Waals surface area contributed by atoms with Crippen LogP contribution in [0, 0.1) is 0 Å². The van der Waals surface area contributed by atoms with E-state index in [-0.39, 0.29) is 5.17 Å². The number of rotatable bonds is 3. The molecule has 0 bridgehead atoms. The molecule has 3 aliphatic heterocycles. The number of amidine groups is 2. The molecule has 2 N–H and O–H groups in total. The number of hydrogen-bond acceptors (Lipinski definition) is 8. The number of guanidine groups is 1. The van der Waals surface area contributed by atoms with E-state index in [2.05, 4.69) is 55.1 Å². The SMILES string of the molecule is C=C/C=C\C(=C)N/C1=N/C(=C)/N=C(N2CCNCC2)\N=C(\N2CCC2)CN=C1Cl. The van der Waals surface area contributed by atoms with Crippen LogP contribution in [0.3, 0.4) is 0 Å². The van der Waals surface area contributed by atoms with Crippen LogP contribution in [-0.4, -0.2) is 78.4 Å². The van der Waals surface area contributed by atoms with Crippen molar-refractivity contribution in [3.8, 4) is 0 Å². The predicted octanol–water partition coefficient (Wildman–Crippen LogP) is 1.72. The Kier molecular flexibility index (Phi) is 7.37. The van der Waals surface area contributed by atoms with Crippen molar-refractivity contribution in [1.82, 2.24) is 20.4 Å². The molecule has 154 valence electrons. The molecule has 0 unspecified atom stereocenters. The molecule has 0 spiro atoms. The van der Waals surface area contributed by atoms with Gasteiger partial charge in [-0.1, -0.05) is 43.5 Å². The molecular formula is C20H27ClN8. The summed E-state index contributed by atoms with van der Waals surface area (Å²) in [4.78, 5) is 22.7. The fraction of sp³-hybridized carbons (Fsp3) is 0.400. The first kappa shape index (κ1) is 21.0. The molecule has 0 saturated carbocycles. The topological polar surface area (TPSA) is 80.0 Å². The number of likely N-dealkylation sites (tertiary alicyclic amines) is 1. The Labute approximate surface area is 176 Å². The van der Waals surface area contributed by atoms with Gasteiger partial charge in [0.05, 0.1) is 6.54 Å². The molecule has 0 aliphatic carbocycles. The van der Waals surface area contributed by atoms with Gasteiger partial charge in [-0.3, -0.25) is 4.99 Å². The highest BCUT2D eigenvalue weighted by Gasteiger charge is 2.23. The fourth-order valence-corrected chi connectivity index (χ4v) is 3.06. The van der Waals surface area contributed by atoms with Crippen LogP contribution < -0.4 is 10.6 Å². The molecule has 0 atom stereocenters. The minimum Gasteiger partial charge on any atom is -0.358 e. The van der Waals surface area contributed by atoms with Crippen molar-refractivity contribution >= 4 is 34.4 Å². The molecule has 3 rings (SSSR count). The fourth-order valence-electron chi connectivity index (χ4n) is 2.92. The summed E-state index contributed by atoms with van der Waals surface area (Å²) >= 11 is 6.43. The van der Waals surface area contributed by atoms with Gasteiger partial charge >= 0.3 is 0 Å². The molecule has 2 fully saturated rings. The standard InChI is InChI=1S/C20H27ClN8/c1-4-5-7-15(2)24-19-18(21)23-14-17(28-10-6-11-28)27-20(26-16(3)25-19)29-12-8-22-9-13-29/h4-5,7,22H,1-3,6,8-14H2,(H,24,25)/b7-5-,23-18?,26-20+,27-17+. The lowest BCUT2D eigenvalue weighted by atomic mass is 10.2. The first-order valence-corrected chi connectivity index (χ1v) is 10.0. The smallest absolute Gasteiger partial charge is 0.229 e. The molecule has 0 aromatic rings. The van der Waals surface area contributed by atoms with Crippen molar-refractivity contribution in [2.24, 2.45) is 20.0 Å². The van der Waals surface area contributed by atoms with Crippen LogP contribution in [0.1, 0.15) is 6.42 Å². The Balaban J connectivity index is 1.92. The second-order valence-electron chi connectivity index (χ2n) is 6.75. The Morgan fingerprint density at radius 1 is 1.10 bits per heavy atom. The third-order valence-corrected chi connectivity index (χ3v) is 4.89. The average Bonchev–Trinajstić information content (AvgIpc) is 2.68. The zero-order valence-corrected chi connectivity index (χ0v) is 17.3. The predicted molar refractivity (Wildman–Crippen MR) is 122 cm³/mol. The zero-order chi connectivity index (χ0) is 20.6. The first-order chi connectivity index (χ1) is 14.1. The van der Waals surface area contributed by atoms with E-state index >= 15 is 0 Å². The number of nitrogens with zero attached hydrogens (tertiary/aromatic N) is 6. The molecule has 2 saturated heterocycles. The van der Waals surface area contributed by atoms with Gasteiger partial charge in [-0.15, -0.1) is 0 Å². The van der Waals surface area contributed by atoms with Gasteiger partial charge in [0.2, 0.25) is 5.96 Å². The summed E-state index contributed by atoms with van der Waals surface area (Å²) in [7, 11) is 0. The van der Waals surface area contributed by atoms with Crippen LogP contribution in [0.4, 0.5) is 0 Å². The number of allylic oxidation sites excluding steroid dienone is 3. The molecule has 0 amide bonds. The molecule has 3 aliphatic rings. The molecule has 29 heavy (non-hydrogen) atoms. The van der Waals surface area contributed by atoms with Gasteiger partial charge < -0.3 is 20.4 Å². The molecule has 8 nitrogen and oxygen atoms in total. The second kappa shape index (κ2) is 10.2. The summed E-state index contributed by atoms with van der Waals surface area (Å²) in [5.74, 6) is 2.11. The summed E-state index contributed by atoms with van der Waals surface area (Å²) in [6.45, 7) is 17.3. The van der Waals surface area contributed by atoms with Gasteiger partial charge in [0.25, 0.3) is 0 Å². The lowest BCUT2D eigenvalue weighted by molar-refractivity contribution is 0.295. The van der Waals surface area contributed by atoms with Crippen molar-refractivity contribution in [2.45, 2.75) is 6.42 Å². The highest BCUT2D eigenvalue weighted by molar-refractivity contribution is 6.83. The zero-order valence-electron chi connectivity index (χ0n) is 16.6. The third-order valence-electron chi connectivity index (χ3n) is 4.59. The average molecular weight is 415 g/mol. The maximum Gasteiger partial charge on any atom is 0.229 e. The van der Waals surface area contributed by atoms with Gasteiger partial charge in [0.1, 0.15) is 5.84 Å². The van der Waals surface area contributed by atoms with Crippen molar-refractivity contribution in [3.63, 3.8) is 0 Å². The van der Waals surface area contributed by atoms with E-state index in [1.54, 1.807) is 18.2 Å². The number of nitrogens with one attached hydrogen (secondary N) is 2. The van der Waals surface area contributed by atoms with Gasteiger partial charge in [-0.05, 0) is 12.5 Å². The van der Waals surface area contributed by atoms with Crippen LogP contribution in [-0.2, 0) is 0 Å². The summed E-state index contributed by atoms with van der Waals surface area (Å²) in [5, 5.41) is 6.64. The summed E-state index contributed by atoms with van der Waals surface area (Å²) < 4.78 is 0. The van der Waals surface area contributed by atoms with Gasteiger partial charge in [-0.25, -0.2) is 4.99 Å². The largest absolute Gasteiger partial charge is 0.358 e. The highest BCUT2D eigenvalue weighted by Crippen LogP contribution is 2.12. The Morgan fingerprint density at radius 3 is 2.52 bits per heavy atom. The Morgan fingerprint density at radius 2 is 1.86 bits per heavy atom. The minimum absolute atomic E-state index is 0.230. The lowest BCUT2D eigenvalue weighted by Gasteiger charge is -2.35. The van der Waals surface area contributed by atoms with Crippen molar-refractivity contribution < 1.29 is 0 Å². The van der Waals surface area contributed by atoms with Crippen molar-refractivity contribution in [3.05, 3.63) is 49.5 Å². The molecule has 0 aromatic carbocycles. The van der Waals surface area contributed by atoms with Gasteiger partial charge in [0, 0.05) is 45.0 Å². The van der Waals surface area contributed by atoms with Gasteiger partial charge in [0.15, 0.2) is 16.8 Å². The first-order valence-electron chi connectivity index (χ1n) is 9.66. The lowest BCUT2D eigenvalue weighted by Crippen LogP contribution is -2.48. The maximum absolute atomic E-state index is 6.43. The van der Waals surface area contributed by atoms with E-state index in [0.29, 0.717) is 29.9 Å². The second-order valence-corrected chi connectivity index (χ2v) is 7.10. The van der Waals surface area contributed by atoms with Crippen LogP contribution in [0.15, 0.2) is 69.5 Å². The quantitative estimate of drug-likeness (QED) is 0.689. The Hall–Kier alpha value is -2.71. The number of halogens is 1. The van der Waals surface area contributed by atoms with E-state index in [9.17, 15) is 0 Å². The minimum atomic E-state index is 0.230. The van der Waals surface area contributed by atoms with E-state index < -0.39 is 0 Å². The van der Waals surface area contributed by atoms with E-state index in [1.165, 1.54) is 0 Å². The van der Waals surface area contributed by atoms with E-state index in [4.69, 9.17) is 16.6 Å². The normalized spacial score (nSPS) is 26.3. The van der Waals surface area contributed by atoms with Crippen LogP contribution in [0.2, 0.25) is 0 Å². The Bertz CT molecular complexity index is 810. The molecule has 0 aromatic heterocycles. The van der Waals surface area contributed by atoms with Crippen LogP contribution in [0.5, 0.6) is 0 Å². The van der Waals surface area contributed by atoms with Crippen molar-refractivity contribution in [2.75, 3.05) is 45.8 Å². The van der Waals surface area contributed by atoms with E-state index in [1.807, 2.05) is 0 Å². The third kappa shape index (κ3) is 5.88. The number of piperazine rings is 1. The molecule has 9 heteroatoms.